The van der Waals surface area contributed by atoms with Gasteiger partial charge >= 0.3 is 12.0 Å². The van der Waals surface area contributed by atoms with Crippen LogP contribution in [-0.2, 0) is 4.79 Å². The first-order valence-corrected chi connectivity index (χ1v) is 7.90. The number of carboxylic acids is 1. The van der Waals surface area contributed by atoms with Crippen molar-refractivity contribution in [1.82, 2.24) is 9.80 Å². The smallest absolute Gasteiger partial charge is 0.320 e. The van der Waals surface area contributed by atoms with E-state index in [2.05, 4.69) is 0 Å². The minimum absolute atomic E-state index is 0.0293. The topological polar surface area (TPSA) is 60.9 Å². The first-order chi connectivity index (χ1) is 9.63. The molecule has 2 aliphatic rings. The lowest BCUT2D eigenvalue weighted by molar-refractivity contribution is -0.137. The molecule has 0 bridgehead atoms. The third-order valence-corrected chi connectivity index (χ3v) is 4.74. The number of piperidine rings is 1. The molecule has 2 amide bonds. The molecular weight excluding hydrogens is 256 g/mol. The molecule has 0 aromatic rings. The summed E-state index contributed by atoms with van der Waals surface area (Å²) < 4.78 is 0. The zero-order chi connectivity index (χ0) is 14.5. The van der Waals surface area contributed by atoms with Crippen molar-refractivity contribution in [2.75, 3.05) is 19.6 Å². The zero-order valence-corrected chi connectivity index (χ0v) is 12.4. The fourth-order valence-corrected chi connectivity index (χ4v) is 3.66. The number of amides is 2. The van der Waals surface area contributed by atoms with Crippen molar-refractivity contribution in [3.05, 3.63) is 0 Å². The minimum Gasteiger partial charge on any atom is -0.481 e. The summed E-state index contributed by atoms with van der Waals surface area (Å²) in [5.41, 5.74) is 0. The van der Waals surface area contributed by atoms with Gasteiger partial charge in [-0.25, -0.2) is 4.79 Å². The number of fused-ring (bicyclic) bond motifs is 1. The Kier molecular flexibility index (Phi) is 5.26. The predicted molar refractivity (Wildman–Crippen MR) is 76.6 cm³/mol. The van der Waals surface area contributed by atoms with Gasteiger partial charge in [-0.3, -0.25) is 4.79 Å². The van der Waals surface area contributed by atoms with Gasteiger partial charge < -0.3 is 14.9 Å². The monoisotopic (exact) mass is 282 g/mol. The van der Waals surface area contributed by atoms with E-state index >= 15 is 0 Å². The van der Waals surface area contributed by atoms with Crippen LogP contribution in [0.25, 0.3) is 0 Å². The Bertz CT molecular complexity index is 357. The van der Waals surface area contributed by atoms with E-state index in [0.29, 0.717) is 25.0 Å². The van der Waals surface area contributed by atoms with Crippen LogP contribution in [0.4, 0.5) is 4.79 Å². The number of hydrogen-bond donors (Lipinski definition) is 1. The van der Waals surface area contributed by atoms with Gasteiger partial charge in [0.1, 0.15) is 0 Å². The maximum absolute atomic E-state index is 12.7. The lowest BCUT2D eigenvalue weighted by atomic mass is 9.78. The van der Waals surface area contributed by atoms with E-state index in [1.807, 2.05) is 11.8 Å². The highest BCUT2D eigenvalue weighted by molar-refractivity contribution is 5.76. The fraction of sp³-hybridized carbons (Fsp3) is 0.867. The second-order valence-corrected chi connectivity index (χ2v) is 5.95. The third-order valence-electron chi connectivity index (χ3n) is 4.74. The molecule has 20 heavy (non-hydrogen) atoms. The summed E-state index contributed by atoms with van der Waals surface area (Å²) in [7, 11) is 0. The van der Waals surface area contributed by atoms with E-state index < -0.39 is 5.97 Å². The highest BCUT2D eigenvalue weighted by Crippen LogP contribution is 2.35. The van der Waals surface area contributed by atoms with Crippen LogP contribution in [0.1, 0.15) is 51.9 Å². The molecule has 5 heteroatoms. The molecule has 1 saturated carbocycles. The van der Waals surface area contributed by atoms with Crippen LogP contribution in [0.15, 0.2) is 0 Å². The van der Waals surface area contributed by atoms with Crippen LogP contribution in [0, 0.1) is 5.92 Å². The minimum atomic E-state index is -0.842. The van der Waals surface area contributed by atoms with E-state index in [-0.39, 0.29) is 12.5 Å². The largest absolute Gasteiger partial charge is 0.481 e. The maximum Gasteiger partial charge on any atom is 0.320 e. The molecule has 2 atom stereocenters. The molecule has 5 nitrogen and oxygen atoms in total. The van der Waals surface area contributed by atoms with Gasteiger partial charge in [0.25, 0.3) is 0 Å². The number of carboxylic acid groups (broad SMARTS) is 1. The van der Waals surface area contributed by atoms with E-state index in [0.717, 1.165) is 19.4 Å². The molecule has 2 unspecified atom stereocenters. The quantitative estimate of drug-likeness (QED) is 0.862. The number of hydrogen-bond acceptors (Lipinski definition) is 2. The molecule has 0 aromatic carbocycles. The second kappa shape index (κ2) is 6.95. The Morgan fingerprint density at radius 2 is 1.90 bits per heavy atom. The maximum atomic E-state index is 12.7. The molecule has 0 aromatic heterocycles. The summed E-state index contributed by atoms with van der Waals surface area (Å²) in [6, 6.07) is 0.439. The number of urea groups is 1. The Hall–Kier alpha value is -1.26. The van der Waals surface area contributed by atoms with Gasteiger partial charge in [-0.05, 0) is 38.5 Å². The van der Waals surface area contributed by atoms with Crippen molar-refractivity contribution in [2.45, 2.75) is 57.9 Å². The summed E-state index contributed by atoms with van der Waals surface area (Å²) in [5.74, 6) is -0.176. The number of nitrogens with zero attached hydrogens (tertiary/aromatic N) is 2. The standard InChI is InChI=1S/C15H26N2O3/c1-2-16(11-9-14(18)19)15(20)17-10-5-7-12-6-3-4-8-13(12)17/h12-13H,2-11H2,1H3,(H,18,19). The highest BCUT2D eigenvalue weighted by atomic mass is 16.4. The van der Waals surface area contributed by atoms with E-state index in [9.17, 15) is 9.59 Å². The lowest BCUT2D eigenvalue weighted by Crippen LogP contribution is -2.54. The molecule has 114 valence electrons. The van der Waals surface area contributed by atoms with Crippen molar-refractivity contribution < 1.29 is 14.7 Å². The van der Waals surface area contributed by atoms with Crippen molar-refractivity contribution in [3.8, 4) is 0 Å². The molecule has 2 fully saturated rings. The van der Waals surface area contributed by atoms with Crippen LogP contribution in [-0.4, -0.2) is 52.6 Å². The van der Waals surface area contributed by atoms with E-state index in [1.54, 1.807) is 4.90 Å². The van der Waals surface area contributed by atoms with Gasteiger partial charge in [0, 0.05) is 25.7 Å². The molecule has 1 aliphatic carbocycles. The van der Waals surface area contributed by atoms with Gasteiger partial charge in [0.2, 0.25) is 0 Å². The fourth-order valence-electron chi connectivity index (χ4n) is 3.66. The van der Waals surface area contributed by atoms with Crippen LogP contribution in [0.3, 0.4) is 0 Å². The highest BCUT2D eigenvalue weighted by Gasteiger charge is 2.37. The third kappa shape index (κ3) is 3.44. The molecule has 0 spiro atoms. The zero-order valence-electron chi connectivity index (χ0n) is 12.4. The average Bonchev–Trinajstić information content (AvgIpc) is 2.46. The molecule has 2 rings (SSSR count). The number of aliphatic carboxylic acids is 1. The Morgan fingerprint density at radius 1 is 1.20 bits per heavy atom. The van der Waals surface area contributed by atoms with Crippen LogP contribution in [0.5, 0.6) is 0 Å². The first kappa shape index (κ1) is 15.1. The summed E-state index contributed by atoms with van der Waals surface area (Å²) >= 11 is 0. The normalized spacial score (nSPS) is 25.9. The Morgan fingerprint density at radius 3 is 2.60 bits per heavy atom. The van der Waals surface area contributed by atoms with Crippen LogP contribution in [0.2, 0.25) is 0 Å². The number of carbonyl (C=O) groups excluding carboxylic acids is 1. The molecule has 1 saturated heterocycles. The molecule has 1 heterocycles. The van der Waals surface area contributed by atoms with Gasteiger partial charge in [-0.2, -0.15) is 0 Å². The van der Waals surface area contributed by atoms with Gasteiger partial charge in [0.15, 0.2) is 0 Å². The number of likely N-dealkylation sites (tertiary alicyclic amines) is 1. The van der Waals surface area contributed by atoms with Crippen molar-refractivity contribution in [3.63, 3.8) is 0 Å². The van der Waals surface area contributed by atoms with Crippen molar-refractivity contribution >= 4 is 12.0 Å². The van der Waals surface area contributed by atoms with E-state index in [1.165, 1.54) is 25.7 Å². The molecule has 1 N–H and O–H groups in total. The summed E-state index contributed by atoms with van der Waals surface area (Å²) in [6.07, 6.45) is 7.23. The predicted octanol–water partition coefficient (Wildman–Crippen LogP) is 2.56. The van der Waals surface area contributed by atoms with Gasteiger partial charge in [-0.15, -0.1) is 0 Å². The van der Waals surface area contributed by atoms with E-state index in [4.69, 9.17) is 5.11 Å². The number of carbonyl (C=O) groups is 2. The molecule has 1 aliphatic heterocycles. The molecule has 0 radical (unpaired) electrons. The van der Waals surface area contributed by atoms with Crippen LogP contribution >= 0.6 is 0 Å². The summed E-state index contributed by atoms with van der Waals surface area (Å²) in [6.45, 7) is 3.66. The lowest BCUT2D eigenvalue weighted by Gasteiger charge is -2.45. The van der Waals surface area contributed by atoms with Crippen molar-refractivity contribution in [2.24, 2.45) is 5.92 Å². The average molecular weight is 282 g/mol. The van der Waals surface area contributed by atoms with Gasteiger partial charge in [-0.1, -0.05) is 12.8 Å². The van der Waals surface area contributed by atoms with Crippen LogP contribution < -0.4 is 0 Å². The second-order valence-electron chi connectivity index (χ2n) is 5.95. The summed E-state index contributed by atoms with van der Waals surface area (Å²) in [5, 5.41) is 8.79. The van der Waals surface area contributed by atoms with Gasteiger partial charge in [0.05, 0.1) is 6.42 Å². The first-order valence-electron chi connectivity index (χ1n) is 7.90. The molecular formula is C15H26N2O3. The summed E-state index contributed by atoms with van der Waals surface area (Å²) in [4.78, 5) is 27.1. The van der Waals surface area contributed by atoms with Crippen molar-refractivity contribution in [1.29, 1.82) is 0 Å². The Balaban J connectivity index is 1.99. The SMILES string of the molecule is CCN(CCC(=O)O)C(=O)N1CCCC2CCCCC21. The Labute approximate surface area is 120 Å². The number of rotatable bonds is 4.